The molecule has 0 radical (unpaired) electrons. The molecule has 1 aliphatic heterocycles. The van der Waals surface area contributed by atoms with Crippen molar-refractivity contribution in [1.82, 2.24) is 15.2 Å². The second kappa shape index (κ2) is 7.72. The summed E-state index contributed by atoms with van der Waals surface area (Å²) in [6.45, 7) is 8.71. The zero-order valence-electron chi connectivity index (χ0n) is 14.8. The summed E-state index contributed by atoms with van der Waals surface area (Å²) in [7, 11) is 0. The van der Waals surface area contributed by atoms with Gasteiger partial charge in [-0.2, -0.15) is 0 Å². The van der Waals surface area contributed by atoms with Crippen LogP contribution in [0.4, 0.5) is 0 Å². The maximum Gasteiger partial charge on any atom is 0.274 e. The highest BCUT2D eigenvalue weighted by Gasteiger charge is 2.21. The van der Waals surface area contributed by atoms with Gasteiger partial charge in [-0.05, 0) is 13.0 Å². The number of hydrogen-bond acceptors (Lipinski definition) is 6. The molecule has 1 aromatic heterocycles. The molecule has 0 saturated carbocycles. The van der Waals surface area contributed by atoms with Gasteiger partial charge < -0.3 is 20.3 Å². The van der Waals surface area contributed by atoms with Crippen molar-refractivity contribution in [2.24, 2.45) is 0 Å². The summed E-state index contributed by atoms with van der Waals surface area (Å²) in [6.07, 6.45) is 0. The van der Waals surface area contributed by atoms with Gasteiger partial charge in [0.2, 0.25) is 0 Å². The van der Waals surface area contributed by atoms with Crippen molar-refractivity contribution in [3.8, 4) is 5.75 Å². The standard InChI is InChI=1S/C19H23N3O4/c1-12-3-4-14-15(9-12)16(11-22-5-7-26-8-6-22)21-17(18(14)24)19(25)20-10-13(2)23/h3-4,9,23-24H,2,5-8,10-11H2,1H3,(H,20,25). The summed E-state index contributed by atoms with van der Waals surface area (Å²) >= 11 is 0. The number of benzene rings is 1. The number of hydrogen-bond donors (Lipinski definition) is 3. The van der Waals surface area contributed by atoms with Crippen LogP contribution in [0.25, 0.3) is 10.8 Å². The molecule has 0 spiro atoms. The molecule has 7 heteroatoms. The molecule has 1 amide bonds. The fourth-order valence-electron chi connectivity index (χ4n) is 2.99. The minimum absolute atomic E-state index is 0.0501. The molecule has 0 atom stereocenters. The monoisotopic (exact) mass is 357 g/mol. The summed E-state index contributed by atoms with van der Waals surface area (Å²) in [5, 5.41) is 23.7. The van der Waals surface area contributed by atoms with Crippen molar-refractivity contribution in [3.05, 3.63) is 47.5 Å². The predicted octanol–water partition coefficient (Wildman–Crippen LogP) is 1.88. The number of rotatable bonds is 5. The molecule has 0 bridgehead atoms. The van der Waals surface area contributed by atoms with Crippen LogP contribution in [0.2, 0.25) is 0 Å². The van der Waals surface area contributed by atoms with E-state index in [1.165, 1.54) is 0 Å². The summed E-state index contributed by atoms with van der Waals surface area (Å²) < 4.78 is 5.38. The Balaban J connectivity index is 2.02. The summed E-state index contributed by atoms with van der Waals surface area (Å²) in [4.78, 5) is 19.1. The highest BCUT2D eigenvalue weighted by atomic mass is 16.5. The molecule has 2 heterocycles. The molecule has 0 aliphatic carbocycles. The Kier molecular flexibility index (Phi) is 5.39. The number of pyridine rings is 1. The lowest BCUT2D eigenvalue weighted by molar-refractivity contribution is 0.0338. The number of amides is 1. The van der Waals surface area contributed by atoms with E-state index >= 15 is 0 Å². The number of ether oxygens (including phenoxy) is 1. The van der Waals surface area contributed by atoms with Crippen LogP contribution in [0.15, 0.2) is 30.5 Å². The quantitative estimate of drug-likeness (QED) is 0.708. The van der Waals surface area contributed by atoms with Crippen molar-refractivity contribution >= 4 is 16.7 Å². The lowest BCUT2D eigenvalue weighted by atomic mass is 10.0. The minimum Gasteiger partial charge on any atom is -0.511 e. The van der Waals surface area contributed by atoms with Crippen LogP contribution in [0.3, 0.4) is 0 Å². The van der Waals surface area contributed by atoms with E-state index in [9.17, 15) is 15.0 Å². The van der Waals surface area contributed by atoms with Gasteiger partial charge in [0.05, 0.1) is 25.5 Å². The minimum atomic E-state index is -0.552. The van der Waals surface area contributed by atoms with Gasteiger partial charge in [0.1, 0.15) is 5.76 Å². The number of carbonyl (C=O) groups excluding carboxylic acids is 1. The number of aliphatic hydroxyl groups excluding tert-OH is 1. The molecule has 3 N–H and O–H groups in total. The fourth-order valence-corrected chi connectivity index (χ4v) is 2.99. The van der Waals surface area contributed by atoms with Crippen LogP contribution >= 0.6 is 0 Å². The molecule has 138 valence electrons. The molecular formula is C19H23N3O4. The average molecular weight is 357 g/mol. The first-order valence-corrected chi connectivity index (χ1v) is 8.53. The van der Waals surface area contributed by atoms with Gasteiger partial charge in [0, 0.05) is 30.4 Å². The van der Waals surface area contributed by atoms with Gasteiger partial charge in [0.15, 0.2) is 11.4 Å². The number of aliphatic hydroxyl groups is 1. The van der Waals surface area contributed by atoms with Gasteiger partial charge in [0.25, 0.3) is 5.91 Å². The smallest absolute Gasteiger partial charge is 0.274 e. The molecule has 2 aromatic rings. The number of nitrogens with zero attached hydrogens (tertiary/aromatic N) is 2. The number of aromatic hydroxyl groups is 1. The second-order valence-corrected chi connectivity index (χ2v) is 6.44. The molecule has 26 heavy (non-hydrogen) atoms. The molecular weight excluding hydrogens is 334 g/mol. The third kappa shape index (κ3) is 3.95. The van der Waals surface area contributed by atoms with Crippen molar-refractivity contribution in [1.29, 1.82) is 0 Å². The van der Waals surface area contributed by atoms with E-state index in [1.54, 1.807) is 6.07 Å². The van der Waals surface area contributed by atoms with Gasteiger partial charge in [-0.1, -0.05) is 24.3 Å². The Bertz CT molecular complexity index is 844. The maximum atomic E-state index is 12.4. The first kappa shape index (κ1) is 18.2. The van der Waals surface area contributed by atoms with Crippen molar-refractivity contribution in [2.45, 2.75) is 13.5 Å². The molecule has 1 saturated heterocycles. The molecule has 7 nitrogen and oxygen atoms in total. The van der Waals surface area contributed by atoms with Crippen LogP contribution in [0.1, 0.15) is 21.7 Å². The zero-order chi connectivity index (χ0) is 18.7. The number of aryl methyl sites for hydroxylation is 1. The van der Waals surface area contributed by atoms with E-state index in [-0.39, 0.29) is 23.7 Å². The Hall–Kier alpha value is -2.64. The van der Waals surface area contributed by atoms with Gasteiger partial charge in [-0.15, -0.1) is 0 Å². The van der Waals surface area contributed by atoms with Crippen LogP contribution in [0, 0.1) is 6.92 Å². The molecule has 1 aliphatic rings. The average Bonchev–Trinajstić information content (AvgIpc) is 2.62. The number of morpholine rings is 1. The highest BCUT2D eigenvalue weighted by Crippen LogP contribution is 2.31. The number of nitrogens with one attached hydrogen (secondary N) is 1. The van der Waals surface area contributed by atoms with E-state index in [0.717, 1.165) is 29.7 Å². The predicted molar refractivity (Wildman–Crippen MR) is 98.3 cm³/mol. The topological polar surface area (TPSA) is 94.9 Å². The number of fused-ring (bicyclic) bond motifs is 1. The van der Waals surface area contributed by atoms with E-state index < -0.39 is 5.91 Å². The van der Waals surface area contributed by atoms with Gasteiger partial charge >= 0.3 is 0 Å². The second-order valence-electron chi connectivity index (χ2n) is 6.44. The summed E-state index contributed by atoms with van der Waals surface area (Å²) in [5.74, 6) is -0.877. The van der Waals surface area contributed by atoms with Gasteiger partial charge in [-0.3, -0.25) is 9.69 Å². The SMILES string of the molecule is C=C(O)CNC(=O)c1nc(CN2CCOCC2)c2cc(C)ccc2c1O. The fraction of sp³-hybridized carbons (Fsp3) is 0.368. The van der Waals surface area contributed by atoms with Crippen molar-refractivity contribution in [3.63, 3.8) is 0 Å². The van der Waals surface area contributed by atoms with E-state index in [1.807, 2.05) is 19.1 Å². The maximum absolute atomic E-state index is 12.4. The first-order valence-electron chi connectivity index (χ1n) is 8.53. The third-order valence-corrected chi connectivity index (χ3v) is 4.36. The van der Waals surface area contributed by atoms with Gasteiger partial charge in [-0.25, -0.2) is 4.98 Å². The van der Waals surface area contributed by atoms with Crippen LogP contribution in [-0.4, -0.2) is 58.9 Å². The highest BCUT2D eigenvalue weighted by molar-refractivity contribution is 6.02. The normalized spacial score (nSPS) is 15.1. The molecule has 0 unspecified atom stereocenters. The number of carbonyl (C=O) groups is 1. The van der Waals surface area contributed by atoms with Crippen LogP contribution in [-0.2, 0) is 11.3 Å². The number of aromatic nitrogens is 1. The molecule has 3 rings (SSSR count). The van der Waals surface area contributed by atoms with Crippen molar-refractivity contribution in [2.75, 3.05) is 32.8 Å². The van der Waals surface area contributed by atoms with Crippen LogP contribution in [0.5, 0.6) is 5.75 Å². The van der Waals surface area contributed by atoms with E-state index in [4.69, 9.17) is 4.74 Å². The largest absolute Gasteiger partial charge is 0.511 e. The molecule has 1 fully saturated rings. The third-order valence-electron chi connectivity index (χ3n) is 4.36. The Morgan fingerprint density at radius 3 is 2.77 bits per heavy atom. The Labute approximate surface area is 151 Å². The molecule has 1 aromatic carbocycles. The van der Waals surface area contributed by atoms with Crippen molar-refractivity contribution < 1.29 is 19.7 Å². The first-order chi connectivity index (χ1) is 12.5. The lowest BCUT2D eigenvalue weighted by Crippen LogP contribution is -2.36. The Morgan fingerprint density at radius 1 is 1.35 bits per heavy atom. The summed E-state index contributed by atoms with van der Waals surface area (Å²) in [5.41, 5.74) is 1.73. The van der Waals surface area contributed by atoms with E-state index in [0.29, 0.717) is 25.1 Å². The van der Waals surface area contributed by atoms with Crippen LogP contribution < -0.4 is 5.32 Å². The Morgan fingerprint density at radius 2 is 2.08 bits per heavy atom. The lowest BCUT2D eigenvalue weighted by Gasteiger charge is -2.27. The summed E-state index contributed by atoms with van der Waals surface area (Å²) in [6, 6.07) is 5.65. The van der Waals surface area contributed by atoms with E-state index in [2.05, 4.69) is 21.8 Å². The zero-order valence-corrected chi connectivity index (χ0v) is 14.8.